The molecule has 0 spiro atoms. The first-order chi connectivity index (χ1) is 10.2. The predicted octanol–water partition coefficient (Wildman–Crippen LogP) is 3.89. The van der Waals surface area contributed by atoms with Crippen molar-refractivity contribution in [3.05, 3.63) is 72.7 Å². The molecule has 3 heterocycles. The minimum Gasteiger partial charge on any atom is -0.323 e. The summed E-state index contributed by atoms with van der Waals surface area (Å²) in [5.74, 6) is 0. The molecule has 0 aliphatic rings. The lowest BCUT2D eigenvalue weighted by Crippen LogP contribution is -2.30. The van der Waals surface area contributed by atoms with Crippen LogP contribution in [-0.4, -0.2) is 4.40 Å². The molecule has 0 fully saturated rings. The summed E-state index contributed by atoms with van der Waals surface area (Å²) in [6, 6.07) is 17.3. The van der Waals surface area contributed by atoms with E-state index >= 15 is 0 Å². The fourth-order valence-electron chi connectivity index (χ4n) is 3.08. The van der Waals surface area contributed by atoms with Crippen LogP contribution in [0.4, 0.5) is 0 Å². The van der Waals surface area contributed by atoms with Crippen molar-refractivity contribution >= 4 is 16.3 Å². The monoisotopic (exact) mass is 273 g/mol. The first kappa shape index (κ1) is 12.2. The zero-order valence-corrected chi connectivity index (χ0v) is 12.2. The average molecular weight is 273 g/mol. The minimum atomic E-state index is 1.24. The molecule has 3 aromatic heterocycles. The highest BCUT2D eigenvalue weighted by Gasteiger charge is 2.14. The number of hydrogen-bond donors (Lipinski definition) is 0. The summed E-state index contributed by atoms with van der Waals surface area (Å²) in [5, 5.41) is 2.60. The van der Waals surface area contributed by atoms with Crippen LogP contribution in [0, 0.1) is 6.92 Å². The number of aryl methyl sites for hydroxylation is 2. The Hall–Kier alpha value is -2.61. The van der Waals surface area contributed by atoms with Crippen LogP contribution < -0.4 is 4.57 Å². The van der Waals surface area contributed by atoms with Crippen LogP contribution in [0.2, 0.25) is 0 Å². The molecule has 0 atom stereocenters. The van der Waals surface area contributed by atoms with E-state index in [0.717, 1.165) is 0 Å². The maximum absolute atomic E-state index is 2.31. The van der Waals surface area contributed by atoms with Gasteiger partial charge in [-0.15, -0.1) is 0 Å². The van der Waals surface area contributed by atoms with Gasteiger partial charge in [-0.05, 0) is 42.8 Å². The van der Waals surface area contributed by atoms with Crippen molar-refractivity contribution in [2.24, 2.45) is 7.05 Å². The van der Waals surface area contributed by atoms with Crippen LogP contribution in [0.1, 0.15) is 5.56 Å². The summed E-state index contributed by atoms with van der Waals surface area (Å²) in [6.07, 6.45) is 6.40. The van der Waals surface area contributed by atoms with E-state index < -0.39 is 0 Å². The summed E-state index contributed by atoms with van der Waals surface area (Å²) in [6.45, 7) is 2.18. The van der Waals surface area contributed by atoms with Gasteiger partial charge in [-0.3, -0.25) is 0 Å². The molecule has 0 unspecified atom stereocenters. The third-order valence-electron chi connectivity index (χ3n) is 4.17. The van der Waals surface area contributed by atoms with Gasteiger partial charge in [0.2, 0.25) is 5.69 Å². The van der Waals surface area contributed by atoms with Crippen molar-refractivity contribution in [3.63, 3.8) is 0 Å². The van der Waals surface area contributed by atoms with Gasteiger partial charge in [0, 0.05) is 40.9 Å². The maximum atomic E-state index is 2.31. The maximum Gasteiger partial charge on any atom is 0.212 e. The van der Waals surface area contributed by atoms with Crippen molar-refractivity contribution < 1.29 is 4.57 Å². The fraction of sp³-hybridized carbons (Fsp3) is 0.105. The standard InChI is InChI=1S/C19H17N2/c1-14-11-15-13-21-10-6-4-8-19(21)17(15)12-16(14)18-7-3-5-9-20(18)2/h3-13H,1-2H3/q+1. The number of nitrogens with zero attached hydrogens (tertiary/aromatic N) is 2. The Labute approximate surface area is 123 Å². The van der Waals surface area contributed by atoms with Gasteiger partial charge in [-0.2, -0.15) is 0 Å². The van der Waals surface area contributed by atoms with E-state index in [0.29, 0.717) is 0 Å². The molecule has 4 rings (SSSR count). The van der Waals surface area contributed by atoms with Crippen molar-refractivity contribution in [3.8, 4) is 11.3 Å². The summed E-state index contributed by atoms with van der Waals surface area (Å²) < 4.78 is 4.37. The van der Waals surface area contributed by atoms with Gasteiger partial charge in [0.05, 0.1) is 5.52 Å². The Kier molecular flexibility index (Phi) is 2.58. The highest BCUT2D eigenvalue weighted by Crippen LogP contribution is 2.29. The van der Waals surface area contributed by atoms with Crippen molar-refractivity contribution in [1.29, 1.82) is 0 Å². The molecule has 0 aliphatic carbocycles. The molecule has 2 heteroatoms. The molecule has 0 aliphatic heterocycles. The van der Waals surface area contributed by atoms with Crippen LogP contribution in [-0.2, 0) is 7.05 Å². The molecular formula is C19H17N2+. The van der Waals surface area contributed by atoms with Gasteiger partial charge < -0.3 is 4.40 Å². The zero-order chi connectivity index (χ0) is 14.4. The van der Waals surface area contributed by atoms with Crippen LogP contribution in [0.25, 0.3) is 27.5 Å². The molecule has 0 saturated heterocycles. The molecule has 4 aromatic rings. The highest BCUT2D eigenvalue weighted by atomic mass is 14.9. The van der Waals surface area contributed by atoms with Gasteiger partial charge in [-0.25, -0.2) is 4.57 Å². The van der Waals surface area contributed by atoms with E-state index in [1.807, 2.05) is 0 Å². The third-order valence-corrected chi connectivity index (χ3v) is 4.17. The normalized spacial score (nSPS) is 11.3. The lowest BCUT2D eigenvalue weighted by Gasteiger charge is -2.05. The lowest BCUT2D eigenvalue weighted by atomic mass is 10.0. The number of benzene rings is 1. The van der Waals surface area contributed by atoms with Crippen LogP contribution in [0.15, 0.2) is 67.1 Å². The Morgan fingerprint density at radius 3 is 2.71 bits per heavy atom. The molecule has 102 valence electrons. The molecule has 21 heavy (non-hydrogen) atoms. The topological polar surface area (TPSA) is 8.29 Å². The van der Waals surface area contributed by atoms with Crippen LogP contribution in [0.5, 0.6) is 0 Å². The second-order valence-corrected chi connectivity index (χ2v) is 5.57. The molecule has 1 aromatic carbocycles. The summed E-state index contributed by atoms with van der Waals surface area (Å²) in [5.41, 5.74) is 5.10. The second-order valence-electron chi connectivity index (χ2n) is 5.57. The SMILES string of the molecule is Cc1cc2cn3ccccc3c2cc1-c1cccc[n+]1C. The molecular weight excluding hydrogens is 256 g/mol. The molecule has 0 bridgehead atoms. The van der Waals surface area contributed by atoms with Gasteiger partial charge in [0.1, 0.15) is 7.05 Å². The van der Waals surface area contributed by atoms with Crippen molar-refractivity contribution in [2.45, 2.75) is 6.92 Å². The van der Waals surface area contributed by atoms with E-state index in [1.165, 1.54) is 33.1 Å². The average Bonchev–Trinajstić information content (AvgIpc) is 2.84. The van der Waals surface area contributed by atoms with Gasteiger partial charge in [-0.1, -0.05) is 6.07 Å². The first-order valence-electron chi connectivity index (χ1n) is 7.19. The Bertz CT molecular complexity index is 964. The highest BCUT2D eigenvalue weighted by molar-refractivity contribution is 6.00. The third kappa shape index (κ3) is 1.83. The number of rotatable bonds is 1. The lowest BCUT2D eigenvalue weighted by molar-refractivity contribution is -0.660. The number of fused-ring (bicyclic) bond motifs is 3. The van der Waals surface area contributed by atoms with Gasteiger partial charge >= 0.3 is 0 Å². The molecule has 0 saturated carbocycles. The van der Waals surface area contributed by atoms with Crippen LogP contribution >= 0.6 is 0 Å². The zero-order valence-electron chi connectivity index (χ0n) is 12.2. The second kappa shape index (κ2) is 4.45. The Morgan fingerprint density at radius 2 is 1.86 bits per heavy atom. The smallest absolute Gasteiger partial charge is 0.212 e. The molecule has 0 N–H and O–H groups in total. The minimum absolute atomic E-state index is 1.24. The first-order valence-corrected chi connectivity index (χ1v) is 7.19. The van der Waals surface area contributed by atoms with E-state index in [2.05, 4.69) is 90.1 Å². The Morgan fingerprint density at radius 1 is 1.00 bits per heavy atom. The van der Waals surface area contributed by atoms with E-state index in [9.17, 15) is 0 Å². The van der Waals surface area contributed by atoms with E-state index in [4.69, 9.17) is 0 Å². The number of aromatic nitrogens is 2. The summed E-state index contributed by atoms with van der Waals surface area (Å²) in [4.78, 5) is 0. The number of hydrogen-bond acceptors (Lipinski definition) is 0. The molecule has 0 amide bonds. The molecule has 0 radical (unpaired) electrons. The molecule has 2 nitrogen and oxygen atoms in total. The Balaban J connectivity index is 2.08. The van der Waals surface area contributed by atoms with Crippen molar-refractivity contribution in [2.75, 3.05) is 0 Å². The summed E-state index contributed by atoms with van der Waals surface area (Å²) in [7, 11) is 2.09. The van der Waals surface area contributed by atoms with E-state index in [-0.39, 0.29) is 0 Å². The largest absolute Gasteiger partial charge is 0.323 e. The summed E-state index contributed by atoms with van der Waals surface area (Å²) >= 11 is 0. The van der Waals surface area contributed by atoms with Gasteiger partial charge in [0.15, 0.2) is 6.20 Å². The number of pyridine rings is 2. The van der Waals surface area contributed by atoms with Crippen molar-refractivity contribution in [1.82, 2.24) is 4.40 Å². The fourth-order valence-corrected chi connectivity index (χ4v) is 3.08. The van der Waals surface area contributed by atoms with E-state index in [1.54, 1.807) is 0 Å². The predicted molar refractivity (Wildman–Crippen MR) is 86.3 cm³/mol. The van der Waals surface area contributed by atoms with Gasteiger partial charge in [0.25, 0.3) is 0 Å². The quantitative estimate of drug-likeness (QED) is 0.465. The van der Waals surface area contributed by atoms with Crippen LogP contribution in [0.3, 0.4) is 0 Å².